The fraction of sp³-hybridized carbons (Fsp3) is 0.800. The molecule has 5 nitrogen and oxygen atoms in total. The lowest BCUT2D eigenvalue weighted by Gasteiger charge is -2.27. The maximum absolute atomic E-state index is 12.3. The number of nitrogens with zero attached hydrogens (tertiary/aromatic N) is 2. The van der Waals surface area contributed by atoms with Crippen LogP contribution in [0.4, 0.5) is 0 Å². The van der Waals surface area contributed by atoms with Crippen molar-refractivity contribution in [2.45, 2.75) is 41.0 Å². The Morgan fingerprint density at radius 3 is 2.40 bits per heavy atom. The Bertz CT molecular complexity index is 370. The van der Waals surface area contributed by atoms with Crippen LogP contribution < -0.4 is 0 Å². The van der Waals surface area contributed by atoms with Crippen molar-refractivity contribution in [1.29, 1.82) is 5.26 Å². The fourth-order valence-electron chi connectivity index (χ4n) is 1.79. The van der Waals surface area contributed by atoms with Gasteiger partial charge in [-0.05, 0) is 26.7 Å². The van der Waals surface area contributed by atoms with Crippen molar-refractivity contribution >= 4 is 11.8 Å². The van der Waals surface area contributed by atoms with Gasteiger partial charge in [0, 0.05) is 19.5 Å². The van der Waals surface area contributed by atoms with Crippen molar-refractivity contribution in [1.82, 2.24) is 4.90 Å². The van der Waals surface area contributed by atoms with Gasteiger partial charge in [-0.15, -0.1) is 0 Å². The van der Waals surface area contributed by atoms with Gasteiger partial charge in [0.2, 0.25) is 0 Å². The minimum Gasteiger partial charge on any atom is -0.465 e. The number of rotatable bonds is 9. The number of hydrogen-bond acceptors (Lipinski definition) is 5. The van der Waals surface area contributed by atoms with Crippen LogP contribution in [0.2, 0.25) is 0 Å². The first-order valence-corrected chi connectivity index (χ1v) is 7.05. The number of nitriles is 1. The molecular weight excluding hydrogens is 256 g/mol. The molecule has 0 amide bonds. The van der Waals surface area contributed by atoms with E-state index in [4.69, 9.17) is 10.00 Å². The highest BCUT2D eigenvalue weighted by atomic mass is 16.5. The summed E-state index contributed by atoms with van der Waals surface area (Å²) in [5.74, 6) is -0.267. The Hall–Kier alpha value is -1.41. The van der Waals surface area contributed by atoms with Gasteiger partial charge in [0.15, 0.2) is 5.78 Å². The third-order valence-electron chi connectivity index (χ3n) is 3.01. The Labute approximate surface area is 121 Å². The Morgan fingerprint density at radius 1 is 1.35 bits per heavy atom. The first-order chi connectivity index (χ1) is 9.25. The molecule has 0 rings (SSSR count). The van der Waals surface area contributed by atoms with E-state index in [2.05, 4.69) is 19.9 Å². The average Bonchev–Trinajstić information content (AvgIpc) is 2.35. The summed E-state index contributed by atoms with van der Waals surface area (Å²) in [5.41, 5.74) is -1.14. The second-order valence-corrected chi connectivity index (χ2v) is 5.81. The first-order valence-electron chi connectivity index (χ1n) is 7.05. The molecule has 114 valence electrons. The lowest BCUT2D eigenvalue weighted by atomic mass is 9.87. The molecule has 0 heterocycles. The summed E-state index contributed by atoms with van der Waals surface area (Å²) < 4.78 is 4.94. The number of carbonyl (C=O) groups is 2. The van der Waals surface area contributed by atoms with Crippen LogP contribution in [-0.2, 0) is 14.3 Å². The van der Waals surface area contributed by atoms with Gasteiger partial charge in [-0.1, -0.05) is 13.8 Å². The maximum Gasteiger partial charge on any atom is 0.319 e. The van der Waals surface area contributed by atoms with Crippen LogP contribution in [0.5, 0.6) is 0 Å². The number of Topliss-reactive ketones (excluding diaryl/α,β-unsaturated/α-hetero) is 1. The zero-order valence-corrected chi connectivity index (χ0v) is 13.2. The van der Waals surface area contributed by atoms with Crippen LogP contribution in [0.25, 0.3) is 0 Å². The molecular formula is C15H26N2O3. The zero-order chi connectivity index (χ0) is 15.8. The van der Waals surface area contributed by atoms with Crippen LogP contribution in [0.3, 0.4) is 0 Å². The molecule has 0 N–H and O–H groups in total. The Morgan fingerprint density at radius 2 is 1.95 bits per heavy atom. The molecule has 0 aliphatic carbocycles. The number of hydrogen-bond donors (Lipinski definition) is 0. The highest BCUT2D eigenvalue weighted by Crippen LogP contribution is 2.20. The molecule has 0 radical (unpaired) electrons. The number of carbonyl (C=O) groups excluding carboxylic acids is 2. The Balaban J connectivity index is 4.72. The van der Waals surface area contributed by atoms with Gasteiger partial charge >= 0.3 is 5.97 Å². The van der Waals surface area contributed by atoms with Gasteiger partial charge in [0.1, 0.15) is 5.41 Å². The lowest BCUT2D eigenvalue weighted by molar-refractivity contribution is -0.158. The van der Waals surface area contributed by atoms with Gasteiger partial charge in [-0.2, -0.15) is 5.26 Å². The van der Waals surface area contributed by atoms with E-state index in [-0.39, 0.29) is 18.9 Å². The third kappa shape index (κ3) is 6.16. The fourth-order valence-corrected chi connectivity index (χ4v) is 1.79. The van der Waals surface area contributed by atoms with Gasteiger partial charge in [-0.3, -0.25) is 14.5 Å². The lowest BCUT2D eigenvalue weighted by Crippen LogP contribution is -2.43. The molecule has 0 aromatic heterocycles. The Kier molecular flexibility index (Phi) is 8.09. The standard InChI is InChI=1S/C15H26N2O3/c1-6-20-14(19)15(4,5)13(18)11-17(9-7-8-16)10-12(2)3/h12H,6-7,9-11H2,1-5H3. The van der Waals surface area contributed by atoms with E-state index in [1.54, 1.807) is 20.8 Å². The second kappa shape index (κ2) is 8.70. The molecule has 0 aromatic carbocycles. The summed E-state index contributed by atoms with van der Waals surface area (Å²) in [4.78, 5) is 26.0. The van der Waals surface area contributed by atoms with Crippen molar-refractivity contribution in [3.63, 3.8) is 0 Å². The van der Waals surface area contributed by atoms with E-state index in [0.29, 0.717) is 18.9 Å². The molecule has 0 saturated heterocycles. The molecule has 0 aliphatic heterocycles. The van der Waals surface area contributed by atoms with E-state index in [9.17, 15) is 9.59 Å². The predicted molar refractivity (Wildman–Crippen MR) is 76.9 cm³/mol. The van der Waals surface area contributed by atoms with E-state index in [0.717, 1.165) is 6.54 Å². The van der Waals surface area contributed by atoms with Gasteiger partial charge in [-0.25, -0.2) is 0 Å². The summed E-state index contributed by atoms with van der Waals surface area (Å²) in [6.45, 7) is 10.7. The van der Waals surface area contributed by atoms with E-state index in [1.807, 2.05) is 4.90 Å². The molecule has 0 aliphatic rings. The van der Waals surface area contributed by atoms with E-state index < -0.39 is 11.4 Å². The summed E-state index contributed by atoms with van der Waals surface area (Å²) in [7, 11) is 0. The molecule has 0 spiro atoms. The number of esters is 1. The van der Waals surface area contributed by atoms with Crippen molar-refractivity contribution < 1.29 is 14.3 Å². The highest BCUT2D eigenvalue weighted by Gasteiger charge is 2.37. The van der Waals surface area contributed by atoms with Crippen molar-refractivity contribution in [2.24, 2.45) is 11.3 Å². The minimum absolute atomic E-state index is 0.172. The van der Waals surface area contributed by atoms with E-state index in [1.165, 1.54) is 0 Å². The first kappa shape index (κ1) is 18.6. The van der Waals surface area contributed by atoms with Gasteiger partial charge in [0.25, 0.3) is 0 Å². The van der Waals surface area contributed by atoms with Crippen LogP contribution in [-0.4, -0.2) is 42.9 Å². The van der Waals surface area contributed by atoms with Crippen molar-refractivity contribution in [3.05, 3.63) is 0 Å². The minimum atomic E-state index is -1.14. The summed E-state index contributed by atoms with van der Waals surface area (Å²) in [6.07, 6.45) is 0.375. The van der Waals surface area contributed by atoms with Crippen LogP contribution >= 0.6 is 0 Å². The van der Waals surface area contributed by atoms with Crippen LogP contribution in [0.1, 0.15) is 41.0 Å². The SMILES string of the molecule is CCOC(=O)C(C)(C)C(=O)CN(CCC#N)CC(C)C. The number of ketones is 1. The van der Waals surface area contributed by atoms with Gasteiger partial charge in [0.05, 0.1) is 19.2 Å². The summed E-state index contributed by atoms with van der Waals surface area (Å²) >= 11 is 0. The molecule has 0 unspecified atom stereocenters. The summed E-state index contributed by atoms with van der Waals surface area (Å²) in [6, 6.07) is 2.08. The second-order valence-electron chi connectivity index (χ2n) is 5.81. The van der Waals surface area contributed by atoms with Gasteiger partial charge < -0.3 is 4.74 Å². The molecule has 20 heavy (non-hydrogen) atoms. The topological polar surface area (TPSA) is 70.4 Å². The van der Waals surface area contributed by atoms with Crippen molar-refractivity contribution in [3.8, 4) is 6.07 Å². The van der Waals surface area contributed by atoms with Crippen LogP contribution in [0, 0.1) is 22.7 Å². The smallest absolute Gasteiger partial charge is 0.319 e. The quantitative estimate of drug-likeness (QED) is 0.478. The molecule has 0 fully saturated rings. The van der Waals surface area contributed by atoms with E-state index >= 15 is 0 Å². The molecule has 0 atom stereocenters. The molecule has 5 heteroatoms. The normalized spacial score (nSPS) is 11.5. The largest absolute Gasteiger partial charge is 0.465 e. The monoisotopic (exact) mass is 282 g/mol. The molecule has 0 aromatic rings. The third-order valence-corrected chi connectivity index (χ3v) is 3.01. The van der Waals surface area contributed by atoms with Crippen molar-refractivity contribution in [2.75, 3.05) is 26.2 Å². The molecule has 0 bridgehead atoms. The number of ether oxygens (including phenoxy) is 1. The zero-order valence-electron chi connectivity index (χ0n) is 13.2. The highest BCUT2D eigenvalue weighted by molar-refractivity contribution is 6.03. The predicted octanol–water partition coefficient (Wildman–Crippen LogP) is 2.02. The van der Waals surface area contributed by atoms with Crippen LogP contribution in [0.15, 0.2) is 0 Å². The maximum atomic E-state index is 12.3. The summed E-state index contributed by atoms with van der Waals surface area (Å²) in [5, 5.41) is 8.67. The molecule has 0 saturated carbocycles. The average molecular weight is 282 g/mol.